The summed E-state index contributed by atoms with van der Waals surface area (Å²) in [5.41, 5.74) is 0.633. The highest BCUT2D eigenvalue weighted by molar-refractivity contribution is 6.31. The summed E-state index contributed by atoms with van der Waals surface area (Å²) in [6.07, 6.45) is 1.81. The van der Waals surface area contributed by atoms with Gasteiger partial charge in [-0.1, -0.05) is 17.7 Å². The van der Waals surface area contributed by atoms with Crippen molar-refractivity contribution in [2.24, 2.45) is 4.99 Å². The third-order valence-electron chi connectivity index (χ3n) is 3.07. The number of halogens is 1. The van der Waals surface area contributed by atoms with Crippen molar-refractivity contribution < 1.29 is 14.2 Å². The van der Waals surface area contributed by atoms with Crippen LogP contribution in [0.1, 0.15) is 12.5 Å². The zero-order chi connectivity index (χ0) is 18.2. The second kappa shape index (κ2) is 8.70. The van der Waals surface area contributed by atoms with Crippen molar-refractivity contribution in [1.29, 1.82) is 5.26 Å². The second-order valence-electron chi connectivity index (χ2n) is 4.69. The Labute approximate surface area is 150 Å². The summed E-state index contributed by atoms with van der Waals surface area (Å²) in [7, 11) is 2.96. The largest absolute Gasteiger partial charge is 0.481 e. The van der Waals surface area contributed by atoms with E-state index in [1.54, 1.807) is 31.3 Å². The predicted molar refractivity (Wildman–Crippen MR) is 92.2 cm³/mol. The van der Waals surface area contributed by atoms with Crippen LogP contribution in [0.5, 0.6) is 23.5 Å². The van der Waals surface area contributed by atoms with Crippen molar-refractivity contribution in [2.45, 2.75) is 13.5 Å². The zero-order valence-corrected chi connectivity index (χ0v) is 14.7. The first kappa shape index (κ1) is 18.3. The lowest BCUT2D eigenvalue weighted by Gasteiger charge is -2.11. The van der Waals surface area contributed by atoms with Crippen molar-refractivity contribution in [3.63, 3.8) is 0 Å². The molecule has 2 aromatic rings. The quantitative estimate of drug-likeness (QED) is 0.365. The van der Waals surface area contributed by atoms with Crippen LogP contribution in [0.3, 0.4) is 0 Å². The summed E-state index contributed by atoms with van der Waals surface area (Å²) >= 11 is 6.25. The number of ether oxygens (including phenoxy) is 3. The molecule has 0 bridgehead atoms. The molecule has 0 unspecified atom stereocenters. The van der Waals surface area contributed by atoms with Crippen molar-refractivity contribution >= 4 is 17.4 Å². The van der Waals surface area contributed by atoms with Crippen LogP contribution in [0.15, 0.2) is 29.3 Å². The van der Waals surface area contributed by atoms with E-state index in [9.17, 15) is 0 Å². The predicted octanol–water partition coefficient (Wildman–Crippen LogP) is 2.93. The molecule has 2 rings (SSSR count). The molecular weight excluding hydrogens is 346 g/mol. The molecule has 0 aliphatic rings. The molecule has 0 atom stereocenters. The van der Waals surface area contributed by atoms with Gasteiger partial charge in [0, 0.05) is 10.6 Å². The smallest absolute Gasteiger partial charge is 0.328 e. The van der Waals surface area contributed by atoms with E-state index in [4.69, 9.17) is 31.1 Å². The molecule has 0 saturated carbocycles. The Hall–Kier alpha value is -3.05. The van der Waals surface area contributed by atoms with Crippen molar-refractivity contribution in [2.75, 3.05) is 14.2 Å². The second-order valence-corrected chi connectivity index (χ2v) is 5.10. The van der Waals surface area contributed by atoms with Crippen LogP contribution >= 0.6 is 11.6 Å². The van der Waals surface area contributed by atoms with Crippen LogP contribution in [0.25, 0.3) is 0 Å². The Balaban J connectivity index is 2.33. The van der Waals surface area contributed by atoms with Crippen LogP contribution in [0.4, 0.5) is 0 Å². The standard InChI is InChI=1S/C16H16ClN5O3/c1-10(20-9-18)19-8-11-12(17)5-4-6-13(11)25-16-21-14(23-2)7-15(22-16)24-3/h4-7H,8H2,1-3H3,(H,19,20). The normalized spacial score (nSPS) is 10.8. The van der Waals surface area contributed by atoms with Crippen molar-refractivity contribution in [3.8, 4) is 29.7 Å². The van der Waals surface area contributed by atoms with Crippen LogP contribution in [-0.4, -0.2) is 30.0 Å². The average molecular weight is 362 g/mol. The number of methoxy groups -OCH3 is 2. The first-order valence-electron chi connectivity index (χ1n) is 7.15. The molecule has 130 valence electrons. The fourth-order valence-electron chi connectivity index (χ4n) is 1.84. The van der Waals surface area contributed by atoms with Crippen molar-refractivity contribution in [3.05, 3.63) is 34.9 Å². The van der Waals surface area contributed by atoms with Gasteiger partial charge in [0.2, 0.25) is 11.8 Å². The molecule has 1 N–H and O–H groups in total. The number of rotatable bonds is 6. The topological polar surface area (TPSA) is 102 Å². The minimum absolute atomic E-state index is 0.0515. The molecular formula is C16H16ClN5O3. The van der Waals surface area contributed by atoms with Gasteiger partial charge in [-0.2, -0.15) is 15.2 Å². The van der Waals surface area contributed by atoms with Gasteiger partial charge in [0.15, 0.2) is 6.19 Å². The molecule has 0 radical (unpaired) electrons. The number of hydrogen-bond donors (Lipinski definition) is 1. The zero-order valence-electron chi connectivity index (χ0n) is 13.9. The highest BCUT2D eigenvalue weighted by Crippen LogP contribution is 2.31. The molecule has 0 fully saturated rings. The van der Waals surface area contributed by atoms with E-state index in [1.165, 1.54) is 20.3 Å². The van der Waals surface area contributed by atoms with E-state index in [2.05, 4.69) is 20.3 Å². The first-order chi connectivity index (χ1) is 12.1. The molecule has 0 spiro atoms. The van der Waals surface area contributed by atoms with Gasteiger partial charge in [-0.05, 0) is 19.1 Å². The van der Waals surface area contributed by atoms with Gasteiger partial charge in [0.25, 0.3) is 0 Å². The van der Waals surface area contributed by atoms with Crippen LogP contribution < -0.4 is 19.5 Å². The summed E-state index contributed by atoms with van der Waals surface area (Å²) in [4.78, 5) is 12.5. The number of nitriles is 1. The number of nitrogens with one attached hydrogen (secondary N) is 1. The van der Waals surface area contributed by atoms with E-state index in [0.717, 1.165) is 0 Å². The lowest BCUT2D eigenvalue weighted by molar-refractivity contribution is 0.347. The maximum absolute atomic E-state index is 8.60. The maximum Gasteiger partial charge on any atom is 0.328 e. The molecule has 1 heterocycles. The van der Waals surface area contributed by atoms with Gasteiger partial charge in [-0.3, -0.25) is 10.3 Å². The minimum atomic E-state index is 0.0515. The number of aliphatic imine (C=N–C) groups is 1. The molecule has 8 nitrogen and oxygen atoms in total. The van der Waals surface area contributed by atoms with Gasteiger partial charge in [0.05, 0.1) is 26.8 Å². The number of benzene rings is 1. The van der Waals surface area contributed by atoms with Gasteiger partial charge in [-0.25, -0.2) is 0 Å². The summed E-state index contributed by atoms with van der Waals surface area (Å²) in [6, 6.07) is 6.77. The number of amidine groups is 1. The number of aromatic nitrogens is 2. The fourth-order valence-corrected chi connectivity index (χ4v) is 2.07. The average Bonchev–Trinajstić information content (AvgIpc) is 2.61. The maximum atomic E-state index is 8.60. The first-order valence-corrected chi connectivity index (χ1v) is 7.53. The van der Waals surface area contributed by atoms with E-state index >= 15 is 0 Å². The van der Waals surface area contributed by atoms with E-state index in [1.807, 2.05) is 0 Å². The summed E-state index contributed by atoms with van der Waals surface area (Å²) < 4.78 is 15.9. The molecule has 1 aromatic carbocycles. The Morgan fingerprint density at radius 1 is 1.28 bits per heavy atom. The summed E-state index contributed by atoms with van der Waals surface area (Å²) in [5, 5.41) is 11.5. The third kappa shape index (κ3) is 4.96. The Kier molecular flexibility index (Phi) is 6.37. The van der Waals surface area contributed by atoms with Crippen molar-refractivity contribution in [1.82, 2.24) is 15.3 Å². The SMILES string of the molecule is COc1cc(OC)nc(Oc2cccc(Cl)c2CN=C(C)NC#N)n1. The molecule has 0 aliphatic carbocycles. The minimum Gasteiger partial charge on any atom is -0.481 e. The van der Waals surface area contributed by atoms with Gasteiger partial charge in [0.1, 0.15) is 11.6 Å². The molecule has 1 aromatic heterocycles. The van der Waals surface area contributed by atoms with E-state index in [-0.39, 0.29) is 12.6 Å². The summed E-state index contributed by atoms with van der Waals surface area (Å²) in [5.74, 6) is 1.51. The molecule has 0 aliphatic heterocycles. The van der Waals surface area contributed by atoms with Crippen LogP contribution in [0, 0.1) is 11.5 Å². The third-order valence-corrected chi connectivity index (χ3v) is 3.42. The monoisotopic (exact) mass is 361 g/mol. The fraction of sp³-hybridized carbons (Fsp3) is 0.250. The Morgan fingerprint density at radius 2 is 1.96 bits per heavy atom. The number of nitrogens with zero attached hydrogens (tertiary/aromatic N) is 4. The van der Waals surface area contributed by atoms with Crippen LogP contribution in [0.2, 0.25) is 5.02 Å². The van der Waals surface area contributed by atoms with Crippen LogP contribution in [-0.2, 0) is 6.54 Å². The van der Waals surface area contributed by atoms with Gasteiger partial charge >= 0.3 is 6.01 Å². The highest BCUT2D eigenvalue weighted by atomic mass is 35.5. The van der Waals surface area contributed by atoms with Gasteiger partial charge < -0.3 is 14.2 Å². The van der Waals surface area contributed by atoms with Gasteiger partial charge in [-0.15, -0.1) is 0 Å². The molecule has 0 saturated heterocycles. The number of hydrogen-bond acceptors (Lipinski definition) is 7. The molecule has 25 heavy (non-hydrogen) atoms. The Bertz CT molecular complexity index is 798. The lowest BCUT2D eigenvalue weighted by Crippen LogP contribution is -2.13. The van der Waals surface area contributed by atoms with E-state index in [0.29, 0.717) is 33.9 Å². The molecule has 0 amide bonds. The molecule has 9 heteroatoms. The Morgan fingerprint density at radius 3 is 2.56 bits per heavy atom. The highest BCUT2D eigenvalue weighted by Gasteiger charge is 2.13. The van der Waals surface area contributed by atoms with E-state index < -0.39 is 0 Å². The summed E-state index contributed by atoms with van der Waals surface area (Å²) in [6.45, 7) is 1.90. The lowest BCUT2D eigenvalue weighted by atomic mass is 10.2.